The van der Waals surface area contributed by atoms with Crippen molar-refractivity contribution in [2.24, 2.45) is 11.8 Å². The first-order chi connectivity index (χ1) is 18.1. The third-order valence-corrected chi connectivity index (χ3v) is 7.33. The van der Waals surface area contributed by atoms with Crippen molar-refractivity contribution in [1.82, 2.24) is 0 Å². The van der Waals surface area contributed by atoms with E-state index in [2.05, 4.69) is 65.8 Å². The van der Waals surface area contributed by atoms with Gasteiger partial charge in [-0.1, -0.05) is 72.3 Å². The molecule has 0 spiro atoms. The Morgan fingerprint density at radius 1 is 0.553 bits per heavy atom. The molecule has 0 bridgehead atoms. The second-order valence-corrected chi connectivity index (χ2v) is 11.3. The van der Waals surface area contributed by atoms with Crippen LogP contribution in [0.5, 0.6) is 0 Å². The molecule has 0 aliphatic carbocycles. The van der Waals surface area contributed by atoms with Crippen LogP contribution in [0.3, 0.4) is 0 Å². The summed E-state index contributed by atoms with van der Waals surface area (Å²) in [5, 5.41) is 0. The lowest BCUT2D eigenvalue weighted by Gasteiger charge is -2.18. The van der Waals surface area contributed by atoms with Crippen LogP contribution >= 0.6 is 0 Å². The smallest absolute Gasteiger partial charge is 0.305 e. The Kier molecular flexibility index (Phi) is 21.6. The second-order valence-electron chi connectivity index (χ2n) is 11.3. The van der Waals surface area contributed by atoms with E-state index in [0.29, 0.717) is 24.7 Å². The molecule has 0 aromatic heterocycles. The van der Waals surface area contributed by atoms with Crippen molar-refractivity contribution in [3.05, 3.63) is 46.6 Å². The van der Waals surface area contributed by atoms with Gasteiger partial charge in [-0.3, -0.25) is 9.59 Å². The molecule has 0 aliphatic rings. The molecular formula is C34H58O4. The zero-order valence-electron chi connectivity index (χ0n) is 26.0. The topological polar surface area (TPSA) is 52.6 Å². The van der Waals surface area contributed by atoms with E-state index in [0.717, 1.165) is 64.2 Å². The zero-order chi connectivity index (χ0) is 28.8. The fourth-order valence-corrected chi connectivity index (χ4v) is 4.65. The van der Waals surface area contributed by atoms with E-state index in [1.165, 1.54) is 49.4 Å². The van der Waals surface area contributed by atoms with Gasteiger partial charge in [-0.05, 0) is 105 Å². The first-order valence-electron chi connectivity index (χ1n) is 14.8. The summed E-state index contributed by atoms with van der Waals surface area (Å²) in [5.74, 6) is 0.936. The number of ether oxygens (including phenoxy) is 2. The minimum Gasteiger partial charge on any atom is -0.469 e. The number of hydrogen-bond acceptors (Lipinski definition) is 4. The van der Waals surface area contributed by atoms with Crippen molar-refractivity contribution in [3.8, 4) is 0 Å². The molecule has 0 aromatic carbocycles. The van der Waals surface area contributed by atoms with Gasteiger partial charge in [0, 0.05) is 12.8 Å². The highest BCUT2D eigenvalue weighted by Crippen LogP contribution is 2.26. The van der Waals surface area contributed by atoms with Crippen molar-refractivity contribution in [1.29, 1.82) is 0 Å². The Morgan fingerprint density at radius 3 is 1.24 bits per heavy atom. The monoisotopic (exact) mass is 530 g/mol. The summed E-state index contributed by atoms with van der Waals surface area (Å²) in [7, 11) is 2.92. The Balaban J connectivity index is 4.90. The average molecular weight is 531 g/mol. The number of allylic oxidation sites excluding steroid dienone is 8. The lowest BCUT2D eigenvalue weighted by Crippen LogP contribution is -2.03. The Morgan fingerprint density at radius 2 is 0.921 bits per heavy atom. The highest BCUT2D eigenvalue weighted by atomic mass is 16.5. The standard InChI is InChI=1S/C34H58O4/c1-27(2)23-25-31(19-11-9-13-21-33(35)37-7)29(5)17-15-16-18-30(6)32(26-24-28(3)4)20-12-10-14-22-34(36)38-8/h17-18,23-24,31-32H,9-16,19-22,25-26H2,1-8H3/b29-17-,30-18-. The summed E-state index contributed by atoms with van der Waals surface area (Å²) in [4.78, 5) is 22.7. The number of carbonyl (C=O) groups excluding carboxylic acids is 2. The molecule has 38 heavy (non-hydrogen) atoms. The number of carbonyl (C=O) groups is 2. The molecule has 0 amide bonds. The molecule has 0 heterocycles. The fourth-order valence-electron chi connectivity index (χ4n) is 4.65. The minimum absolute atomic E-state index is 0.104. The van der Waals surface area contributed by atoms with Crippen LogP contribution in [0, 0.1) is 11.8 Å². The third kappa shape index (κ3) is 19.9. The summed E-state index contributed by atoms with van der Waals surface area (Å²) >= 11 is 0. The molecule has 4 nitrogen and oxygen atoms in total. The van der Waals surface area contributed by atoms with E-state index < -0.39 is 0 Å². The highest BCUT2D eigenvalue weighted by molar-refractivity contribution is 5.69. The predicted octanol–water partition coefficient (Wildman–Crippen LogP) is 9.85. The van der Waals surface area contributed by atoms with E-state index in [-0.39, 0.29) is 11.9 Å². The Labute approximate surface area is 235 Å². The van der Waals surface area contributed by atoms with Crippen LogP contribution in [-0.2, 0) is 19.1 Å². The van der Waals surface area contributed by atoms with Crippen LogP contribution in [0.4, 0.5) is 0 Å². The fraction of sp³-hybridized carbons (Fsp3) is 0.706. The molecular weight excluding hydrogens is 472 g/mol. The van der Waals surface area contributed by atoms with Gasteiger partial charge in [0.25, 0.3) is 0 Å². The van der Waals surface area contributed by atoms with Crippen LogP contribution in [0.1, 0.15) is 131 Å². The molecule has 4 heteroatoms. The maximum absolute atomic E-state index is 11.3. The van der Waals surface area contributed by atoms with Gasteiger partial charge in [0.05, 0.1) is 14.2 Å². The lowest BCUT2D eigenvalue weighted by atomic mass is 9.88. The number of methoxy groups -OCH3 is 2. The third-order valence-electron chi connectivity index (χ3n) is 7.33. The van der Waals surface area contributed by atoms with Gasteiger partial charge in [-0.15, -0.1) is 0 Å². The summed E-state index contributed by atoms with van der Waals surface area (Å²) in [5.41, 5.74) is 5.74. The maximum atomic E-state index is 11.3. The molecule has 218 valence electrons. The summed E-state index contributed by atoms with van der Waals surface area (Å²) in [6, 6.07) is 0. The zero-order valence-corrected chi connectivity index (χ0v) is 26.0. The first kappa shape index (κ1) is 35.9. The van der Waals surface area contributed by atoms with Crippen LogP contribution in [0.15, 0.2) is 46.6 Å². The summed E-state index contributed by atoms with van der Waals surface area (Å²) in [6.07, 6.45) is 23.6. The van der Waals surface area contributed by atoms with Crippen molar-refractivity contribution < 1.29 is 19.1 Å². The number of rotatable bonds is 21. The van der Waals surface area contributed by atoms with Crippen molar-refractivity contribution in [2.75, 3.05) is 14.2 Å². The molecule has 0 rings (SSSR count). The summed E-state index contributed by atoms with van der Waals surface area (Å²) in [6.45, 7) is 13.3. The van der Waals surface area contributed by atoms with E-state index in [1.54, 1.807) is 0 Å². The van der Waals surface area contributed by atoms with E-state index in [1.807, 2.05) is 0 Å². The van der Waals surface area contributed by atoms with Crippen molar-refractivity contribution in [3.63, 3.8) is 0 Å². The van der Waals surface area contributed by atoms with E-state index in [4.69, 9.17) is 9.47 Å². The lowest BCUT2D eigenvalue weighted by molar-refractivity contribution is -0.141. The van der Waals surface area contributed by atoms with Gasteiger partial charge in [-0.2, -0.15) is 0 Å². The van der Waals surface area contributed by atoms with Crippen LogP contribution in [0.25, 0.3) is 0 Å². The molecule has 0 saturated carbocycles. The van der Waals surface area contributed by atoms with Gasteiger partial charge in [0.15, 0.2) is 0 Å². The number of esters is 2. The number of hydrogen-bond donors (Lipinski definition) is 0. The first-order valence-corrected chi connectivity index (χ1v) is 14.8. The van der Waals surface area contributed by atoms with Gasteiger partial charge in [-0.25, -0.2) is 0 Å². The molecule has 0 radical (unpaired) electrons. The quantitative estimate of drug-likeness (QED) is 0.0841. The van der Waals surface area contributed by atoms with Gasteiger partial charge < -0.3 is 9.47 Å². The normalized spacial score (nSPS) is 13.5. The van der Waals surface area contributed by atoms with Crippen LogP contribution in [0.2, 0.25) is 0 Å². The van der Waals surface area contributed by atoms with E-state index >= 15 is 0 Å². The molecule has 0 aromatic rings. The highest BCUT2D eigenvalue weighted by Gasteiger charge is 2.12. The molecule has 0 saturated heterocycles. The second kappa shape index (κ2) is 22.8. The van der Waals surface area contributed by atoms with Crippen LogP contribution in [-0.4, -0.2) is 26.2 Å². The SMILES string of the molecule is COC(=O)CCCCCC(CC=C(C)C)/C(C)=C\CC/C=C(/C)C(CC=C(C)C)CCCCCC(=O)OC. The molecule has 0 fully saturated rings. The molecule has 2 unspecified atom stereocenters. The van der Waals surface area contributed by atoms with Gasteiger partial charge >= 0.3 is 11.9 Å². The molecule has 2 atom stereocenters. The molecule has 0 N–H and O–H groups in total. The largest absolute Gasteiger partial charge is 0.469 e. The number of unbranched alkanes of at least 4 members (excludes halogenated alkanes) is 5. The van der Waals surface area contributed by atoms with Gasteiger partial charge in [0.1, 0.15) is 0 Å². The van der Waals surface area contributed by atoms with Crippen molar-refractivity contribution in [2.45, 2.75) is 131 Å². The average Bonchev–Trinajstić information content (AvgIpc) is 2.88. The van der Waals surface area contributed by atoms with E-state index in [9.17, 15) is 9.59 Å². The molecule has 0 aliphatic heterocycles. The van der Waals surface area contributed by atoms with Gasteiger partial charge in [0.2, 0.25) is 0 Å². The Bertz CT molecular complexity index is 710. The Hall–Kier alpha value is -2.10. The minimum atomic E-state index is -0.104. The van der Waals surface area contributed by atoms with Crippen molar-refractivity contribution >= 4 is 11.9 Å². The summed E-state index contributed by atoms with van der Waals surface area (Å²) < 4.78 is 9.51. The van der Waals surface area contributed by atoms with Crippen LogP contribution < -0.4 is 0 Å². The maximum Gasteiger partial charge on any atom is 0.305 e. The predicted molar refractivity (Wildman–Crippen MR) is 162 cm³/mol.